The zero-order chi connectivity index (χ0) is 16.9. The van der Waals surface area contributed by atoms with Crippen LogP contribution in [0.4, 0.5) is 0 Å². The Bertz CT molecular complexity index is 833. The number of thiazole rings is 1. The number of carbonyl (C=O) groups excluding carboxylic acids is 1. The van der Waals surface area contributed by atoms with Gasteiger partial charge in [-0.05, 0) is 36.9 Å². The normalized spacial score (nSPS) is 12.4. The Labute approximate surface area is 149 Å². The first-order chi connectivity index (χ1) is 11.6. The van der Waals surface area contributed by atoms with Crippen molar-refractivity contribution in [1.29, 1.82) is 0 Å². The number of aryl methyl sites for hydroxylation is 2. The summed E-state index contributed by atoms with van der Waals surface area (Å²) in [5.41, 5.74) is 3.10. The van der Waals surface area contributed by atoms with Gasteiger partial charge in [0, 0.05) is 16.3 Å². The zero-order valence-electron chi connectivity index (χ0n) is 13.5. The molecule has 0 bridgehead atoms. The fraction of sp³-hybridized carbons (Fsp3) is 0.158. The monoisotopic (exact) mass is 354 g/mol. The topological polar surface area (TPSA) is 42.0 Å². The molecule has 2 aromatic heterocycles. The molecule has 0 aliphatic heterocycles. The molecule has 0 aliphatic rings. The first-order valence-electron chi connectivity index (χ1n) is 7.62. The zero-order valence-corrected chi connectivity index (χ0v) is 15.2. The number of benzene rings is 1. The fourth-order valence-corrected chi connectivity index (χ4v) is 3.72. The molecule has 2 heterocycles. The van der Waals surface area contributed by atoms with E-state index in [4.69, 9.17) is 0 Å². The average molecular weight is 355 g/mol. The second-order valence-electron chi connectivity index (χ2n) is 5.49. The molecule has 1 aromatic carbocycles. The van der Waals surface area contributed by atoms with Gasteiger partial charge in [0.05, 0.1) is 16.7 Å². The van der Waals surface area contributed by atoms with E-state index in [9.17, 15) is 4.79 Å². The van der Waals surface area contributed by atoms with Crippen LogP contribution in [-0.4, -0.2) is 10.9 Å². The van der Waals surface area contributed by atoms with Crippen LogP contribution in [0.1, 0.15) is 32.7 Å². The Balaban J connectivity index is 1.78. The van der Waals surface area contributed by atoms with Crippen molar-refractivity contribution in [3.8, 4) is 0 Å². The Morgan fingerprint density at radius 1 is 1.17 bits per heavy atom. The highest BCUT2D eigenvalue weighted by Crippen LogP contribution is 2.26. The third-order valence-corrected chi connectivity index (χ3v) is 5.30. The van der Waals surface area contributed by atoms with E-state index in [-0.39, 0.29) is 11.9 Å². The van der Waals surface area contributed by atoms with Crippen molar-refractivity contribution < 1.29 is 4.79 Å². The van der Waals surface area contributed by atoms with Crippen LogP contribution in [0.2, 0.25) is 0 Å². The van der Waals surface area contributed by atoms with E-state index in [0.717, 1.165) is 21.1 Å². The maximum absolute atomic E-state index is 12.4. The number of nitrogens with zero attached hydrogens (tertiary/aromatic N) is 1. The van der Waals surface area contributed by atoms with Crippen LogP contribution < -0.4 is 5.32 Å². The number of aromatic nitrogens is 1. The molecule has 1 unspecified atom stereocenters. The average Bonchev–Trinajstić information content (AvgIpc) is 3.23. The van der Waals surface area contributed by atoms with Crippen LogP contribution in [0, 0.1) is 13.8 Å². The first kappa shape index (κ1) is 16.6. The minimum absolute atomic E-state index is 0.125. The van der Waals surface area contributed by atoms with Gasteiger partial charge in [-0.2, -0.15) is 0 Å². The Morgan fingerprint density at radius 2 is 1.96 bits per heavy atom. The van der Waals surface area contributed by atoms with Crippen molar-refractivity contribution in [2.75, 3.05) is 0 Å². The molecule has 0 saturated heterocycles. The molecular formula is C19H18N2OS2. The summed E-state index contributed by atoms with van der Waals surface area (Å²) < 4.78 is 0. The molecule has 1 N–H and O–H groups in total. The highest BCUT2D eigenvalue weighted by molar-refractivity contribution is 7.10. The highest BCUT2D eigenvalue weighted by atomic mass is 32.1. The maximum Gasteiger partial charge on any atom is 0.244 e. The van der Waals surface area contributed by atoms with Crippen LogP contribution in [0.5, 0.6) is 0 Å². The summed E-state index contributed by atoms with van der Waals surface area (Å²) in [6.07, 6.45) is 3.29. The SMILES string of the molecule is Cc1ccc(C(NC(=O)/C=C/c2csc(C)n2)c2cccs2)cc1. The van der Waals surface area contributed by atoms with Crippen LogP contribution in [0.3, 0.4) is 0 Å². The lowest BCUT2D eigenvalue weighted by Crippen LogP contribution is -2.27. The van der Waals surface area contributed by atoms with Gasteiger partial charge in [-0.1, -0.05) is 35.9 Å². The number of rotatable bonds is 5. The Morgan fingerprint density at radius 3 is 2.58 bits per heavy atom. The number of thiophene rings is 1. The summed E-state index contributed by atoms with van der Waals surface area (Å²) in [6.45, 7) is 4.01. The molecule has 122 valence electrons. The Kier molecular flexibility index (Phi) is 5.23. The van der Waals surface area contributed by atoms with Gasteiger partial charge in [0.15, 0.2) is 0 Å². The Hall–Kier alpha value is -2.24. The molecule has 3 aromatic rings. The lowest BCUT2D eigenvalue weighted by molar-refractivity contribution is -0.116. The van der Waals surface area contributed by atoms with Crippen molar-refractivity contribution in [2.24, 2.45) is 0 Å². The second kappa shape index (κ2) is 7.55. The van der Waals surface area contributed by atoms with Crippen molar-refractivity contribution in [2.45, 2.75) is 19.9 Å². The van der Waals surface area contributed by atoms with Gasteiger partial charge in [-0.25, -0.2) is 4.98 Å². The predicted octanol–water partition coefficient (Wildman–Crippen LogP) is 4.74. The van der Waals surface area contributed by atoms with Gasteiger partial charge in [0.1, 0.15) is 0 Å². The van der Waals surface area contributed by atoms with E-state index in [2.05, 4.69) is 41.5 Å². The molecule has 1 atom stereocenters. The molecular weight excluding hydrogens is 336 g/mol. The summed E-state index contributed by atoms with van der Waals surface area (Å²) >= 11 is 3.21. The number of hydrogen-bond acceptors (Lipinski definition) is 4. The van der Waals surface area contributed by atoms with Crippen LogP contribution in [0.15, 0.2) is 53.2 Å². The molecule has 0 saturated carbocycles. The minimum atomic E-state index is -0.139. The van der Waals surface area contributed by atoms with Gasteiger partial charge in [-0.15, -0.1) is 22.7 Å². The van der Waals surface area contributed by atoms with Crippen molar-refractivity contribution in [3.63, 3.8) is 0 Å². The molecule has 0 fully saturated rings. The van der Waals surface area contributed by atoms with Gasteiger partial charge < -0.3 is 5.32 Å². The van der Waals surface area contributed by atoms with Crippen LogP contribution in [0.25, 0.3) is 6.08 Å². The standard InChI is InChI=1S/C19H18N2OS2/c1-13-5-7-15(8-6-13)19(17-4-3-11-23-17)21-18(22)10-9-16-12-24-14(2)20-16/h3-12,19H,1-2H3,(H,21,22)/b10-9+. The van der Waals surface area contributed by atoms with E-state index < -0.39 is 0 Å². The molecule has 3 nitrogen and oxygen atoms in total. The van der Waals surface area contributed by atoms with Gasteiger partial charge >= 0.3 is 0 Å². The van der Waals surface area contributed by atoms with E-state index in [1.54, 1.807) is 34.8 Å². The summed E-state index contributed by atoms with van der Waals surface area (Å²) in [5.74, 6) is -0.125. The third-order valence-electron chi connectivity index (χ3n) is 3.57. The van der Waals surface area contributed by atoms with Crippen LogP contribution >= 0.6 is 22.7 Å². The molecule has 0 aliphatic carbocycles. The summed E-state index contributed by atoms with van der Waals surface area (Å²) in [7, 11) is 0. The van der Waals surface area contributed by atoms with Crippen molar-refractivity contribution in [3.05, 3.63) is 79.9 Å². The van der Waals surface area contributed by atoms with Crippen LogP contribution in [-0.2, 0) is 4.79 Å². The summed E-state index contributed by atoms with van der Waals surface area (Å²) in [4.78, 5) is 17.8. The summed E-state index contributed by atoms with van der Waals surface area (Å²) in [6, 6.07) is 12.2. The number of nitrogens with one attached hydrogen (secondary N) is 1. The lowest BCUT2D eigenvalue weighted by atomic mass is 10.0. The molecule has 1 amide bonds. The molecule has 24 heavy (non-hydrogen) atoms. The highest BCUT2D eigenvalue weighted by Gasteiger charge is 2.16. The molecule has 0 radical (unpaired) electrons. The van der Waals surface area contributed by atoms with Crippen molar-refractivity contribution in [1.82, 2.24) is 10.3 Å². The fourth-order valence-electron chi connectivity index (χ4n) is 2.34. The molecule has 5 heteroatoms. The number of hydrogen-bond donors (Lipinski definition) is 1. The third kappa shape index (κ3) is 4.19. The van der Waals surface area contributed by atoms with E-state index >= 15 is 0 Å². The maximum atomic E-state index is 12.4. The largest absolute Gasteiger partial charge is 0.341 e. The number of amides is 1. The quantitative estimate of drug-likeness (QED) is 0.672. The van der Waals surface area contributed by atoms with Gasteiger partial charge in [-0.3, -0.25) is 4.79 Å². The molecule has 3 rings (SSSR count). The predicted molar refractivity (Wildman–Crippen MR) is 101 cm³/mol. The van der Waals surface area contributed by atoms with Crippen molar-refractivity contribution >= 4 is 34.7 Å². The van der Waals surface area contributed by atoms with E-state index in [0.29, 0.717) is 0 Å². The lowest BCUT2D eigenvalue weighted by Gasteiger charge is -2.17. The van der Waals surface area contributed by atoms with Gasteiger partial charge in [0.2, 0.25) is 5.91 Å². The van der Waals surface area contributed by atoms with E-state index in [1.807, 2.05) is 29.8 Å². The van der Waals surface area contributed by atoms with Gasteiger partial charge in [0.25, 0.3) is 0 Å². The first-order valence-corrected chi connectivity index (χ1v) is 9.38. The molecule has 0 spiro atoms. The van der Waals surface area contributed by atoms with E-state index in [1.165, 1.54) is 5.56 Å². The smallest absolute Gasteiger partial charge is 0.244 e. The second-order valence-corrected chi connectivity index (χ2v) is 7.53. The number of carbonyl (C=O) groups is 1. The summed E-state index contributed by atoms with van der Waals surface area (Å²) in [5, 5.41) is 8.05. The minimum Gasteiger partial charge on any atom is -0.341 e.